The third-order valence-corrected chi connectivity index (χ3v) is 2.16. The van der Waals surface area contributed by atoms with Crippen molar-refractivity contribution in [2.24, 2.45) is 0 Å². The molecule has 0 bridgehead atoms. The van der Waals surface area contributed by atoms with E-state index in [4.69, 9.17) is 14.2 Å². The molecule has 1 aliphatic heterocycles. The average molecular weight is 188 g/mol. The predicted molar refractivity (Wildman–Crippen MR) is 46.4 cm³/mol. The largest absolute Gasteiger partial charge is 0.464 e. The van der Waals surface area contributed by atoms with Gasteiger partial charge in [0.15, 0.2) is 5.60 Å². The molecule has 1 saturated heterocycles. The van der Waals surface area contributed by atoms with E-state index in [2.05, 4.69) is 0 Å². The second-order valence-electron chi connectivity index (χ2n) is 2.97. The quantitative estimate of drug-likeness (QED) is 0.613. The molecule has 4 heteroatoms. The number of hydrogen-bond acceptors (Lipinski definition) is 4. The molecule has 0 spiro atoms. The van der Waals surface area contributed by atoms with E-state index in [9.17, 15) is 4.79 Å². The van der Waals surface area contributed by atoms with Crippen LogP contribution in [0.5, 0.6) is 0 Å². The minimum Gasteiger partial charge on any atom is -0.464 e. The van der Waals surface area contributed by atoms with Crippen molar-refractivity contribution in [3.63, 3.8) is 0 Å². The molecule has 0 aromatic carbocycles. The summed E-state index contributed by atoms with van der Waals surface area (Å²) in [7, 11) is 0. The first kappa shape index (κ1) is 10.5. The van der Waals surface area contributed by atoms with Gasteiger partial charge >= 0.3 is 5.97 Å². The smallest absolute Gasteiger partial charge is 0.340 e. The Morgan fingerprint density at radius 1 is 1.46 bits per heavy atom. The van der Waals surface area contributed by atoms with E-state index >= 15 is 0 Å². The van der Waals surface area contributed by atoms with Crippen molar-refractivity contribution in [2.75, 3.05) is 26.4 Å². The molecule has 1 atom stereocenters. The Hall–Kier alpha value is -0.610. The summed E-state index contributed by atoms with van der Waals surface area (Å²) in [6.45, 7) is 5.39. The molecule has 1 rings (SSSR count). The highest BCUT2D eigenvalue weighted by Crippen LogP contribution is 2.21. The van der Waals surface area contributed by atoms with Gasteiger partial charge in [-0.15, -0.1) is 0 Å². The van der Waals surface area contributed by atoms with Gasteiger partial charge in [-0.25, -0.2) is 4.79 Å². The monoisotopic (exact) mass is 188 g/mol. The van der Waals surface area contributed by atoms with Gasteiger partial charge in [-0.05, 0) is 13.3 Å². The Morgan fingerprint density at radius 3 is 2.69 bits per heavy atom. The van der Waals surface area contributed by atoms with Crippen LogP contribution in [0.15, 0.2) is 0 Å². The van der Waals surface area contributed by atoms with Crippen molar-refractivity contribution in [3.8, 4) is 0 Å². The lowest BCUT2D eigenvalue weighted by Gasteiger charge is -2.33. The molecule has 0 amide bonds. The maximum Gasteiger partial charge on any atom is 0.340 e. The fourth-order valence-corrected chi connectivity index (χ4v) is 1.30. The van der Waals surface area contributed by atoms with E-state index in [0.717, 1.165) is 0 Å². The SMILES string of the molecule is CCOC(=O)C1(CC)COCCO1. The number of hydrogen-bond donors (Lipinski definition) is 0. The number of rotatable bonds is 3. The first-order valence-corrected chi connectivity index (χ1v) is 4.64. The third kappa shape index (κ3) is 2.19. The molecule has 0 aromatic heterocycles. The van der Waals surface area contributed by atoms with Gasteiger partial charge in [0, 0.05) is 0 Å². The lowest BCUT2D eigenvalue weighted by atomic mass is 10.0. The van der Waals surface area contributed by atoms with Crippen LogP contribution in [-0.4, -0.2) is 38.0 Å². The molecule has 0 aromatic rings. The van der Waals surface area contributed by atoms with Crippen LogP contribution in [-0.2, 0) is 19.0 Å². The first-order valence-electron chi connectivity index (χ1n) is 4.64. The fraction of sp³-hybridized carbons (Fsp3) is 0.889. The van der Waals surface area contributed by atoms with Crippen LogP contribution in [0.25, 0.3) is 0 Å². The second-order valence-corrected chi connectivity index (χ2v) is 2.97. The molecule has 76 valence electrons. The van der Waals surface area contributed by atoms with E-state index in [1.807, 2.05) is 6.92 Å². The Kier molecular flexibility index (Phi) is 3.69. The predicted octanol–water partition coefficient (Wildman–Crippen LogP) is 0.745. The maximum absolute atomic E-state index is 11.5. The van der Waals surface area contributed by atoms with Crippen LogP contribution >= 0.6 is 0 Å². The summed E-state index contributed by atoms with van der Waals surface area (Å²) in [4.78, 5) is 11.5. The number of carbonyl (C=O) groups excluding carboxylic acids is 1. The van der Waals surface area contributed by atoms with Gasteiger partial charge in [-0.1, -0.05) is 6.92 Å². The molecule has 1 unspecified atom stereocenters. The van der Waals surface area contributed by atoms with Crippen LogP contribution in [0.3, 0.4) is 0 Å². The van der Waals surface area contributed by atoms with Crippen LogP contribution in [0.2, 0.25) is 0 Å². The highest BCUT2D eigenvalue weighted by atomic mass is 16.6. The highest BCUT2D eigenvalue weighted by molar-refractivity contribution is 5.79. The Bertz CT molecular complexity index is 172. The molecular formula is C9H16O4. The number of ether oxygens (including phenoxy) is 3. The fourth-order valence-electron chi connectivity index (χ4n) is 1.30. The molecule has 0 aliphatic carbocycles. The second kappa shape index (κ2) is 4.58. The standard InChI is InChI=1S/C9H16O4/c1-3-9(8(10)12-4-2)7-11-5-6-13-9/h3-7H2,1-2H3. The Morgan fingerprint density at radius 2 is 2.23 bits per heavy atom. The Balaban J connectivity index is 2.61. The molecule has 13 heavy (non-hydrogen) atoms. The molecule has 0 radical (unpaired) electrons. The van der Waals surface area contributed by atoms with E-state index < -0.39 is 5.60 Å². The van der Waals surface area contributed by atoms with Gasteiger partial charge in [0.2, 0.25) is 0 Å². The van der Waals surface area contributed by atoms with Crippen molar-refractivity contribution in [2.45, 2.75) is 25.9 Å². The minimum absolute atomic E-state index is 0.308. The van der Waals surface area contributed by atoms with Gasteiger partial charge in [-0.3, -0.25) is 0 Å². The van der Waals surface area contributed by atoms with Gasteiger partial charge in [0.25, 0.3) is 0 Å². The molecule has 1 heterocycles. The molecule has 0 saturated carbocycles. The molecule has 1 fully saturated rings. The zero-order chi connectivity index (χ0) is 9.73. The summed E-state index contributed by atoms with van der Waals surface area (Å²) < 4.78 is 15.6. The summed E-state index contributed by atoms with van der Waals surface area (Å²) in [5.74, 6) is -0.308. The molecule has 1 aliphatic rings. The summed E-state index contributed by atoms with van der Waals surface area (Å²) in [5.41, 5.74) is -0.853. The van der Waals surface area contributed by atoms with Crippen LogP contribution in [0.1, 0.15) is 20.3 Å². The zero-order valence-electron chi connectivity index (χ0n) is 8.17. The average Bonchev–Trinajstić information content (AvgIpc) is 2.19. The first-order chi connectivity index (χ1) is 6.25. The Labute approximate surface area is 78.2 Å². The number of esters is 1. The van der Waals surface area contributed by atoms with Crippen LogP contribution in [0.4, 0.5) is 0 Å². The van der Waals surface area contributed by atoms with Crippen LogP contribution in [0, 0.1) is 0 Å². The summed E-state index contributed by atoms with van der Waals surface area (Å²) >= 11 is 0. The summed E-state index contributed by atoms with van der Waals surface area (Å²) in [5, 5.41) is 0. The molecule has 4 nitrogen and oxygen atoms in total. The van der Waals surface area contributed by atoms with Crippen molar-refractivity contribution >= 4 is 5.97 Å². The molecule has 0 N–H and O–H groups in total. The van der Waals surface area contributed by atoms with E-state index in [0.29, 0.717) is 32.8 Å². The van der Waals surface area contributed by atoms with Crippen molar-refractivity contribution < 1.29 is 19.0 Å². The minimum atomic E-state index is -0.853. The van der Waals surface area contributed by atoms with Crippen LogP contribution < -0.4 is 0 Å². The van der Waals surface area contributed by atoms with Crippen molar-refractivity contribution in [3.05, 3.63) is 0 Å². The normalized spacial score (nSPS) is 28.5. The number of carbonyl (C=O) groups is 1. The maximum atomic E-state index is 11.5. The van der Waals surface area contributed by atoms with E-state index in [1.165, 1.54) is 0 Å². The highest BCUT2D eigenvalue weighted by Gasteiger charge is 2.41. The lowest BCUT2D eigenvalue weighted by Crippen LogP contribution is -2.50. The molecular weight excluding hydrogens is 172 g/mol. The van der Waals surface area contributed by atoms with Gasteiger partial charge in [-0.2, -0.15) is 0 Å². The topological polar surface area (TPSA) is 44.8 Å². The zero-order valence-corrected chi connectivity index (χ0v) is 8.17. The summed E-state index contributed by atoms with van der Waals surface area (Å²) in [6, 6.07) is 0. The van der Waals surface area contributed by atoms with Gasteiger partial charge in [0.1, 0.15) is 0 Å². The third-order valence-electron chi connectivity index (χ3n) is 2.16. The van der Waals surface area contributed by atoms with Crippen molar-refractivity contribution in [1.29, 1.82) is 0 Å². The lowest BCUT2D eigenvalue weighted by molar-refractivity contribution is -0.199. The summed E-state index contributed by atoms with van der Waals surface area (Å²) in [6.07, 6.45) is 0.589. The van der Waals surface area contributed by atoms with Crippen molar-refractivity contribution in [1.82, 2.24) is 0 Å². The van der Waals surface area contributed by atoms with E-state index in [1.54, 1.807) is 6.92 Å². The van der Waals surface area contributed by atoms with E-state index in [-0.39, 0.29) is 5.97 Å². The van der Waals surface area contributed by atoms with Gasteiger partial charge in [0.05, 0.1) is 26.4 Å². The van der Waals surface area contributed by atoms with Gasteiger partial charge < -0.3 is 14.2 Å².